The van der Waals surface area contributed by atoms with Crippen LogP contribution in [0.15, 0.2) is 47.1 Å². The molecule has 1 aromatic carbocycles. The lowest BCUT2D eigenvalue weighted by Crippen LogP contribution is -2.13. The summed E-state index contributed by atoms with van der Waals surface area (Å²) in [5, 5.41) is 9.44. The molecule has 0 aliphatic heterocycles. The summed E-state index contributed by atoms with van der Waals surface area (Å²) in [6.07, 6.45) is 3.07. The number of rotatable bonds is 5. The summed E-state index contributed by atoms with van der Waals surface area (Å²) < 4.78 is 14.0. The van der Waals surface area contributed by atoms with Crippen LogP contribution in [0.1, 0.15) is 11.3 Å². The van der Waals surface area contributed by atoms with Gasteiger partial charge in [0.2, 0.25) is 0 Å². The molecule has 1 aromatic heterocycles. The van der Waals surface area contributed by atoms with Crippen molar-refractivity contribution in [1.29, 1.82) is 0 Å². The van der Waals surface area contributed by atoms with Gasteiger partial charge in [-0.1, -0.05) is 12.1 Å². The van der Waals surface area contributed by atoms with E-state index in [2.05, 4.69) is 20.9 Å². The van der Waals surface area contributed by atoms with Gasteiger partial charge in [-0.15, -0.1) is 0 Å². The van der Waals surface area contributed by atoms with E-state index in [1.165, 1.54) is 12.1 Å². The molecular weight excluding hydrogens is 309 g/mol. The van der Waals surface area contributed by atoms with E-state index in [1.807, 2.05) is 18.2 Å². The first-order valence-corrected chi connectivity index (χ1v) is 6.92. The van der Waals surface area contributed by atoms with E-state index >= 15 is 0 Å². The first kappa shape index (κ1) is 14.2. The number of halogens is 2. The number of hydrogen-bond acceptors (Lipinski definition) is 2. The van der Waals surface area contributed by atoms with Crippen molar-refractivity contribution in [3.8, 4) is 0 Å². The van der Waals surface area contributed by atoms with Crippen LogP contribution in [0.2, 0.25) is 0 Å². The highest BCUT2D eigenvalue weighted by Crippen LogP contribution is 2.15. The summed E-state index contributed by atoms with van der Waals surface area (Å²) >= 11 is 3.34. The summed E-state index contributed by atoms with van der Waals surface area (Å²) in [6.45, 7) is 0.0637. The number of aromatic nitrogens is 1. The molecule has 2 rings (SSSR count). The molecule has 0 aliphatic rings. The molecule has 2 nitrogen and oxygen atoms in total. The Morgan fingerprint density at radius 3 is 2.68 bits per heavy atom. The molecule has 2 aromatic rings. The van der Waals surface area contributed by atoms with Gasteiger partial charge >= 0.3 is 0 Å². The summed E-state index contributed by atoms with van der Waals surface area (Å²) in [7, 11) is 0. The lowest BCUT2D eigenvalue weighted by atomic mass is 9.95. The zero-order valence-corrected chi connectivity index (χ0v) is 12.0. The van der Waals surface area contributed by atoms with Crippen LogP contribution in [-0.2, 0) is 12.8 Å². The molecule has 100 valence electrons. The van der Waals surface area contributed by atoms with Gasteiger partial charge in [0, 0.05) is 23.0 Å². The number of nitrogens with zero attached hydrogens (tertiary/aromatic N) is 1. The van der Waals surface area contributed by atoms with Crippen LogP contribution in [0.25, 0.3) is 0 Å². The molecule has 0 amide bonds. The molecular formula is C15H15BrFNO. The Kier molecular flexibility index (Phi) is 5.05. The quantitative estimate of drug-likeness (QED) is 0.915. The Hall–Kier alpha value is -1.26. The molecule has 0 radical (unpaired) electrons. The maximum atomic E-state index is 13.1. The van der Waals surface area contributed by atoms with Gasteiger partial charge in [0.1, 0.15) is 5.82 Å². The molecule has 1 unspecified atom stereocenters. The third-order valence-corrected chi connectivity index (χ3v) is 3.43. The highest BCUT2D eigenvalue weighted by molar-refractivity contribution is 9.10. The van der Waals surface area contributed by atoms with Crippen molar-refractivity contribution in [1.82, 2.24) is 4.98 Å². The highest BCUT2D eigenvalue weighted by Gasteiger charge is 2.11. The highest BCUT2D eigenvalue weighted by atomic mass is 79.9. The Labute approximate surface area is 120 Å². The summed E-state index contributed by atoms with van der Waals surface area (Å²) in [6, 6.07) is 10.4. The van der Waals surface area contributed by atoms with Crippen LogP contribution in [0.4, 0.5) is 4.39 Å². The molecule has 0 saturated carbocycles. The normalized spacial score (nSPS) is 12.4. The molecule has 19 heavy (non-hydrogen) atoms. The van der Waals surface area contributed by atoms with Gasteiger partial charge in [0.15, 0.2) is 0 Å². The number of aliphatic hydroxyl groups excluding tert-OH is 1. The van der Waals surface area contributed by atoms with Crippen LogP contribution in [0.3, 0.4) is 0 Å². The monoisotopic (exact) mass is 323 g/mol. The van der Waals surface area contributed by atoms with Gasteiger partial charge in [-0.05, 0) is 64.5 Å². The molecule has 1 N–H and O–H groups in total. The largest absolute Gasteiger partial charge is 0.396 e. The number of benzene rings is 1. The Bertz CT molecular complexity index is 530. The fourth-order valence-electron chi connectivity index (χ4n) is 2.02. The second-order valence-electron chi connectivity index (χ2n) is 4.55. The molecule has 1 atom stereocenters. The smallest absolute Gasteiger partial charge is 0.123 e. The lowest BCUT2D eigenvalue weighted by Gasteiger charge is -2.13. The van der Waals surface area contributed by atoms with E-state index in [4.69, 9.17) is 0 Å². The minimum absolute atomic E-state index is 0.0514. The Morgan fingerprint density at radius 2 is 2.05 bits per heavy atom. The summed E-state index contributed by atoms with van der Waals surface area (Å²) in [4.78, 5) is 4.29. The minimum atomic E-state index is -0.240. The molecule has 0 saturated heterocycles. The van der Waals surface area contributed by atoms with Crippen LogP contribution in [-0.4, -0.2) is 16.7 Å². The van der Waals surface area contributed by atoms with Gasteiger partial charge in [0.05, 0.1) is 0 Å². The van der Waals surface area contributed by atoms with Crippen LogP contribution < -0.4 is 0 Å². The molecule has 0 spiro atoms. The third-order valence-electron chi connectivity index (χ3n) is 2.96. The Balaban J connectivity index is 2.02. The topological polar surface area (TPSA) is 33.1 Å². The zero-order valence-electron chi connectivity index (χ0n) is 10.4. The lowest BCUT2D eigenvalue weighted by molar-refractivity contribution is 0.224. The van der Waals surface area contributed by atoms with Crippen molar-refractivity contribution in [3.05, 3.63) is 64.1 Å². The fourth-order valence-corrected chi connectivity index (χ4v) is 2.26. The molecule has 0 bridgehead atoms. The van der Waals surface area contributed by atoms with E-state index in [9.17, 15) is 9.50 Å². The second-order valence-corrected chi connectivity index (χ2v) is 5.47. The first-order chi connectivity index (χ1) is 9.17. The van der Waals surface area contributed by atoms with Crippen LogP contribution >= 0.6 is 15.9 Å². The van der Waals surface area contributed by atoms with E-state index in [0.29, 0.717) is 12.8 Å². The van der Waals surface area contributed by atoms with Crippen LogP contribution in [0, 0.1) is 11.7 Å². The molecule has 1 heterocycles. The van der Waals surface area contributed by atoms with Crippen molar-refractivity contribution in [3.63, 3.8) is 0 Å². The van der Waals surface area contributed by atoms with E-state index in [0.717, 1.165) is 15.7 Å². The van der Waals surface area contributed by atoms with E-state index in [-0.39, 0.29) is 18.3 Å². The van der Waals surface area contributed by atoms with Crippen LogP contribution in [0.5, 0.6) is 0 Å². The van der Waals surface area contributed by atoms with Crippen molar-refractivity contribution in [2.24, 2.45) is 5.92 Å². The third kappa shape index (κ3) is 4.40. The van der Waals surface area contributed by atoms with Gasteiger partial charge in [-0.25, -0.2) is 4.39 Å². The predicted molar refractivity (Wildman–Crippen MR) is 76.3 cm³/mol. The van der Waals surface area contributed by atoms with Gasteiger partial charge in [-0.3, -0.25) is 4.98 Å². The van der Waals surface area contributed by atoms with E-state index < -0.39 is 0 Å². The van der Waals surface area contributed by atoms with Crippen molar-refractivity contribution in [2.75, 3.05) is 6.61 Å². The predicted octanol–water partition coefficient (Wildman–Crippen LogP) is 3.38. The second kappa shape index (κ2) is 6.78. The van der Waals surface area contributed by atoms with Gasteiger partial charge in [-0.2, -0.15) is 0 Å². The van der Waals surface area contributed by atoms with E-state index in [1.54, 1.807) is 12.3 Å². The van der Waals surface area contributed by atoms with Gasteiger partial charge < -0.3 is 5.11 Å². The number of pyridine rings is 1. The molecule has 4 heteroatoms. The number of aliphatic hydroxyl groups is 1. The minimum Gasteiger partial charge on any atom is -0.396 e. The van der Waals surface area contributed by atoms with Crippen molar-refractivity contribution >= 4 is 15.9 Å². The fraction of sp³-hybridized carbons (Fsp3) is 0.267. The maximum absolute atomic E-state index is 13.1. The summed E-state index contributed by atoms with van der Waals surface area (Å²) in [5.74, 6) is -0.188. The van der Waals surface area contributed by atoms with Crippen molar-refractivity contribution in [2.45, 2.75) is 12.8 Å². The standard InChI is InChI=1S/C15H15BrFNO/c16-13-4-5-15(18-9-13)8-12(10-19)6-11-2-1-3-14(17)7-11/h1-5,7,9,12,19H,6,8,10H2. The average Bonchev–Trinajstić information content (AvgIpc) is 2.40. The SMILES string of the molecule is OCC(Cc1cccc(F)c1)Cc1ccc(Br)cn1. The first-order valence-electron chi connectivity index (χ1n) is 6.13. The summed E-state index contributed by atoms with van der Waals surface area (Å²) in [5.41, 5.74) is 1.83. The zero-order chi connectivity index (χ0) is 13.7. The maximum Gasteiger partial charge on any atom is 0.123 e. The number of hydrogen-bond donors (Lipinski definition) is 1. The average molecular weight is 324 g/mol. The Morgan fingerprint density at radius 1 is 1.21 bits per heavy atom. The molecule has 0 aliphatic carbocycles. The van der Waals surface area contributed by atoms with Crippen molar-refractivity contribution < 1.29 is 9.50 Å². The van der Waals surface area contributed by atoms with Gasteiger partial charge in [0.25, 0.3) is 0 Å². The molecule has 0 fully saturated rings.